The van der Waals surface area contributed by atoms with Gasteiger partial charge >= 0.3 is 0 Å². The average molecular weight is 326 g/mol. The molecule has 2 rings (SSSR count). The molecule has 4 nitrogen and oxygen atoms in total. The summed E-state index contributed by atoms with van der Waals surface area (Å²) < 4.78 is 0. The van der Waals surface area contributed by atoms with Gasteiger partial charge in [0.25, 0.3) is 5.91 Å². The molecule has 0 aliphatic rings. The Labute approximate surface area is 130 Å². The van der Waals surface area contributed by atoms with E-state index in [1.165, 1.54) is 23.6 Å². The van der Waals surface area contributed by atoms with Crippen LogP contribution in [0.4, 0.5) is 5.00 Å². The molecule has 0 atom stereocenters. The van der Waals surface area contributed by atoms with Gasteiger partial charge in [0.1, 0.15) is 16.2 Å². The Bertz CT molecular complexity index is 734. The number of pyridine rings is 1. The quantitative estimate of drug-likeness (QED) is 0.842. The first-order chi connectivity index (χ1) is 9.43. The van der Waals surface area contributed by atoms with Crippen LogP contribution < -0.4 is 5.32 Å². The van der Waals surface area contributed by atoms with Gasteiger partial charge in [-0.15, -0.1) is 11.3 Å². The first-order valence-electron chi connectivity index (χ1n) is 5.56. The lowest BCUT2D eigenvalue weighted by atomic mass is 10.2. The lowest BCUT2D eigenvalue weighted by Gasteiger charge is -2.04. The number of hydrogen-bond donors (Lipinski definition) is 1. The average Bonchev–Trinajstić information content (AvgIpc) is 2.67. The molecule has 102 valence electrons. The summed E-state index contributed by atoms with van der Waals surface area (Å²) in [6.45, 7) is 3.75. The summed E-state index contributed by atoms with van der Waals surface area (Å²) in [5, 5.41) is 12.7. The van der Waals surface area contributed by atoms with Gasteiger partial charge in [-0.25, -0.2) is 4.98 Å². The number of aromatic nitrogens is 1. The van der Waals surface area contributed by atoms with Crippen molar-refractivity contribution in [2.75, 3.05) is 5.32 Å². The highest BCUT2D eigenvalue weighted by Crippen LogP contribution is 2.32. The molecule has 0 spiro atoms. The Morgan fingerprint density at radius 2 is 2.15 bits per heavy atom. The van der Waals surface area contributed by atoms with E-state index in [0.717, 1.165) is 10.4 Å². The van der Waals surface area contributed by atoms with Gasteiger partial charge in [-0.1, -0.05) is 23.2 Å². The number of carbonyl (C=O) groups excluding carboxylic acids is 1. The third kappa shape index (κ3) is 2.78. The van der Waals surface area contributed by atoms with Crippen molar-refractivity contribution in [2.45, 2.75) is 13.8 Å². The van der Waals surface area contributed by atoms with Gasteiger partial charge in [-0.2, -0.15) is 5.26 Å². The first kappa shape index (κ1) is 14.8. The molecule has 2 aromatic heterocycles. The van der Waals surface area contributed by atoms with Crippen LogP contribution in [-0.2, 0) is 0 Å². The maximum Gasteiger partial charge on any atom is 0.257 e. The number of thiophene rings is 1. The minimum absolute atomic E-state index is 0.142. The van der Waals surface area contributed by atoms with Crippen molar-refractivity contribution in [3.05, 3.63) is 44.0 Å². The molecule has 0 saturated carbocycles. The monoisotopic (exact) mass is 325 g/mol. The Balaban J connectivity index is 2.30. The molecule has 1 amide bonds. The maximum atomic E-state index is 12.1. The summed E-state index contributed by atoms with van der Waals surface area (Å²) in [7, 11) is 0. The van der Waals surface area contributed by atoms with E-state index in [2.05, 4.69) is 16.4 Å². The minimum atomic E-state index is -0.381. The van der Waals surface area contributed by atoms with Gasteiger partial charge in [0.05, 0.1) is 16.1 Å². The number of carbonyl (C=O) groups is 1. The number of nitrogens with zero attached hydrogens (tertiary/aromatic N) is 2. The normalized spacial score (nSPS) is 10.2. The Morgan fingerprint density at radius 3 is 2.75 bits per heavy atom. The van der Waals surface area contributed by atoms with Crippen molar-refractivity contribution in [3.8, 4) is 6.07 Å². The van der Waals surface area contributed by atoms with E-state index in [0.29, 0.717) is 10.6 Å². The largest absolute Gasteiger partial charge is 0.312 e. The van der Waals surface area contributed by atoms with Gasteiger partial charge in [0.15, 0.2) is 0 Å². The summed E-state index contributed by atoms with van der Waals surface area (Å²) in [5.74, 6) is -0.381. The van der Waals surface area contributed by atoms with Crippen molar-refractivity contribution in [3.63, 3.8) is 0 Å². The Kier molecular flexibility index (Phi) is 4.29. The lowest BCUT2D eigenvalue weighted by Crippen LogP contribution is -2.12. The lowest BCUT2D eigenvalue weighted by molar-refractivity contribution is 0.102. The molecule has 2 aromatic rings. The third-order valence-electron chi connectivity index (χ3n) is 2.78. The van der Waals surface area contributed by atoms with E-state index in [-0.39, 0.29) is 21.6 Å². The SMILES string of the molecule is Cc1sc(NC(=O)c2cnc(Cl)c(Cl)c2)c(C#N)c1C. The molecule has 20 heavy (non-hydrogen) atoms. The molecule has 2 heterocycles. The number of rotatable bonds is 2. The van der Waals surface area contributed by atoms with Crippen molar-refractivity contribution < 1.29 is 4.79 Å². The summed E-state index contributed by atoms with van der Waals surface area (Å²) in [6.07, 6.45) is 1.34. The topological polar surface area (TPSA) is 65.8 Å². The summed E-state index contributed by atoms with van der Waals surface area (Å²) >= 11 is 12.9. The molecular formula is C13H9Cl2N3OS. The highest BCUT2D eigenvalue weighted by Gasteiger charge is 2.16. The fourth-order valence-electron chi connectivity index (χ4n) is 1.57. The summed E-state index contributed by atoms with van der Waals surface area (Å²) in [6, 6.07) is 3.53. The number of aryl methyl sites for hydroxylation is 1. The second-order valence-electron chi connectivity index (χ2n) is 4.05. The molecule has 0 saturated heterocycles. The van der Waals surface area contributed by atoms with E-state index in [9.17, 15) is 4.79 Å². The van der Waals surface area contributed by atoms with E-state index in [1.54, 1.807) is 0 Å². The molecular weight excluding hydrogens is 317 g/mol. The zero-order valence-corrected chi connectivity index (χ0v) is 12.9. The number of nitrogens with one attached hydrogen (secondary N) is 1. The predicted octanol–water partition coefficient (Wildman–Crippen LogP) is 4.19. The van der Waals surface area contributed by atoms with Crippen LogP contribution in [0.3, 0.4) is 0 Å². The zero-order valence-electron chi connectivity index (χ0n) is 10.6. The van der Waals surface area contributed by atoms with E-state index >= 15 is 0 Å². The van der Waals surface area contributed by atoms with Crippen LogP contribution >= 0.6 is 34.5 Å². The number of nitriles is 1. The van der Waals surface area contributed by atoms with E-state index in [1.807, 2.05) is 13.8 Å². The second kappa shape index (κ2) is 5.80. The predicted molar refractivity (Wildman–Crippen MR) is 80.7 cm³/mol. The van der Waals surface area contributed by atoms with Crippen LogP contribution in [-0.4, -0.2) is 10.9 Å². The zero-order chi connectivity index (χ0) is 14.9. The van der Waals surface area contributed by atoms with Crippen LogP contribution in [0.5, 0.6) is 0 Å². The van der Waals surface area contributed by atoms with Crippen LogP contribution in [0.25, 0.3) is 0 Å². The standard InChI is InChI=1S/C13H9Cl2N3OS/c1-6-7(2)20-13(9(6)4-16)18-12(19)8-3-10(14)11(15)17-5-8/h3,5H,1-2H3,(H,18,19). The second-order valence-corrected chi connectivity index (χ2v) is 6.04. The fraction of sp³-hybridized carbons (Fsp3) is 0.154. The van der Waals surface area contributed by atoms with Gasteiger partial charge < -0.3 is 5.32 Å². The summed E-state index contributed by atoms with van der Waals surface area (Å²) in [5.41, 5.74) is 1.64. The van der Waals surface area contributed by atoms with Crippen molar-refractivity contribution in [1.29, 1.82) is 5.26 Å². The Hall–Kier alpha value is -1.61. The summed E-state index contributed by atoms with van der Waals surface area (Å²) in [4.78, 5) is 16.9. The smallest absolute Gasteiger partial charge is 0.257 e. The number of anilines is 1. The van der Waals surface area contributed by atoms with Gasteiger partial charge in [-0.3, -0.25) is 4.79 Å². The van der Waals surface area contributed by atoms with E-state index < -0.39 is 0 Å². The molecule has 0 aliphatic heterocycles. The first-order valence-corrected chi connectivity index (χ1v) is 7.13. The molecule has 0 aliphatic carbocycles. The highest BCUT2D eigenvalue weighted by atomic mass is 35.5. The van der Waals surface area contributed by atoms with Crippen molar-refractivity contribution >= 4 is 45.4 Å². The number of hydrogen-bond acceptors (Lipinski definition) is 4. The minimum Gasteiger partial charge on any atom is -0.312 e. The van der Waals surface area contributed by atoms with Crippen molar-refractivity contribution in [1.82, 2.24) is 4.98 Å². The molecule has 0 aromatic carbocycles. The highest BCUT2D eigenvalue weighted by molar-refractivity contribution is 7.16. The Morgan fingerprint density at radius 1 is 1.45 bits per heavy atom. The van der Waals surface area contributed by atoms with Crippen LogP contribution in [0, 0.1) is 25.2 Å². The van der Waals surface area contributed by atoms with E-state index in [4.69, 9.17) is 28.5 Å². The van der Waals surface area contributed by atoms with Crippen LogP contribution in [0.1, 0.15) is 26.4 Å². The van der Waals surface area contributed by atoms with Gasteiger partial charge in [-0.05, 0) is 25.5 Å². The maximum absolute atomic E-state index is 12.1. The molecule has 7 heteroatoms. The third-order valence-corrected chi connectivity index (χ3v) is 4.59. The van der Waals surface area contributed by atoms with Crippen molar-refractivity contribution in [2.24, 2.45) is 0 Å². The molecule has 0 bridgehead atoms. The number of amides is 1. The van der Waals surface area contributed by atoms with Gasteiger partial charge in [0.2, 0.25) is 0 Å². The molecule has 0 fully saturated rings. The van der Waals surface area contributed by atoms with Gasteiger partial charge in [0, 0.05) is 11.1 Å². The fourth-order valence-corrected chi connectivity index (χ4v) is 2.85. The molecule has 1 N–H and O–H groups in total. The van der Waals surface area contributed by atoms with Crippen LogP contribution in [0.2, 0.25) is 10.2 Å². The number of halogens is 2. The molecule has 0 unspecified atom stereocenters. The van der Waals surface area contributed by atoms with Crippen LogP contribution in [0.15, 0.2) is 12.3 Å². The molecule has 0 radical (unpaired) electrons.